The Kier molecular flexibility index (Phi) is 6.96. The van der Waals surface area contributed by atoms with E-state index in [4.69, 9.17) is 4.74 Å². The summed E-state index contributed by atoms with van der Waals surface area (Å²) in [6, 6.07) is 9.55. The van der Waals surface area contributed by atoms with Crippen molar-refractivity contribution in [2.45, 2.75) is 50.9 Å². The van der Waals surface area contributed by atoms with Crippen molar-refractivity contribution in [2.24, 2.45) is 10.9 Å². The lowest BCUT2D eigenvalue weighted by Crippen LogP contribution is -2.47. The molecule has 2 N–H and O–H groups in total. The second-order valence-electron chi connectivity index (χ2n) is 6.43. The summed E-state index contributed by atoms with van der Waals surface area (Å²) in [5.41, 5.74) is 0. The molecule has 1 aromatic carbocycles. The van der Waals surface area contributed by atoms with Gasteiger partial charge in [-0.25, -0.2) is 0 Å². The Morgan fingerprint density at radius 1 is 1.20 bits per heavy atom. The van der Waals surface area contributed by atoms with E-state index < -0.39 is 12.1 Å². The third-order valence-electron chi connectivity index (χ3n) is 4.39. The molecule has 0 heterocycles. The Balaban J connectivity index is 1.72. The van der Waals surface area contributed by atoms with Gasteiger partial charge in [0.15, 0.2) is 5.96 Å². The quantitative estimate of drug-likeness (QED) is 0.623. The molecule has 0 radical (unpaired) electrons. The fourth-order valence-corrected chi connectivity index (χ4v) is 2.97. The number of nitrogens with one attached hydrogen (secondary N) is 2. The zero-order chi connectivity index (χ0) is 18.3. The van der Waals surface area contributed by atoms with Crippen LogP contribution in [-0.4, -0.2) is 37.9 Å². The molecule has 0 bridgehead atoms. The highest BCUT2D eigenvalue weighted by molar-refractivity contribution is 5.79. The molecule has 140 valence electrons. The minimum absolute atomic E-state index is 0.0233. The van der Waals surface area contributed by atoms with Crippen molar-refractivity contribution in [3.8, 4) is 5.75 Å². The Morgan fingerprint density at radius 2 is 1.84 bits per heavy atom. The number of nitrogens with zero attached hydrogens (tertiary/aromatic N) is 1. The van der Waals surface area contributed by atoms with Crippen LogP contribution in [0.15, 0.2) is 35.3 Å². The molecule has 0 saturated heterocycles. The minimum atomic E-state index is -4.07. The molecule has 0 aromatic heterocycles. The van der Waals surface area contributed by atoms with Crippen LogP contribution in [0.5, 0.6) is 5.75 Å². The van der Waals surface area contributed by atoms with Crippen LogP contribution >= 0.6 is 0 Å². The normalized spacial score (nSPS) is 23.0. The van der Waals surface area contributed by atoms with Gasteiger partial charge in [0, 0.05) is 13.1 Å². The summed E-state index contributed by atoms with van der Waals surface area (Å²) in [6.45, 7) is 2.49. The van der Waals surface area contributed by atoms with E-state index in [9.17, 15) is 13.2 Å². The summed E-state index contributed by atoms with van der Waals surface area (Å²) in [5.74, 6) is 0.226. The largest absolute Gasteiger partial charge is 0.489 e. The summed E-state index contributed by atoms with van der Waals surface area (Å²) in [6.07, 6.45) is -2.80. The van der Waals surface area contributed by atoms with Crippen molar-refractivity contribution >= 4 is 5.96 Å². The van der Waals surface area contributed by atoms with E-state index in [1.165, 1.54) is 0 Å². The maximum absolute atomic E-state index is 12.7. The first kappa shape index (κ1) is 19.4. The number of ether oxygens (including phenoxy) is 1. The molecule has 2 rings (SSSR count). The van der Waals surface area contributed by atoms with Gasteiger partial charge in [0.25, 0.3) is 0 Å². The second-order valence-corrected chi connectivity index (χ2v) is 6.43. The Bertz CT molecular complexity index is 540. The molecule has 1 saturated carbocycles. The van der Waals surface area contributed by atoms with Gasteiger partial charge in [0.05, 0.1) is 12.5 Å². The van der Waals surface area contributed by atoms with E-state index in [1.807, 2.05) is 37.3 Å². The molecule has 1 atom stereocenters. The number of para-hydroxylation sites is 1. The predicted octanol–water partition coefficient (Wildman–Crippen LogP) is 3.74. The molecule has 0 aliphatic heterocycles. The lowest BCUT2D eigenvalue weighted by molar-refractivity contribution is -0.182. The maximum Gasteiger partial charge on any atom is 0.391 e. The Labute approximate surface area is 146 Å². The van der Waals surface area contributed by atoms with Crippen molar-refractivity contribution in [1.82, 2.24) is 10.6 Å². The average molecular weight is 357 g/mol. The number of hydrogen-bond acceptors (Lipinski definition) is 2. The van der Waals surface area contributed by atoms with Crippen LogP contribution in [0.2, 0.25) is 0 Å². The molecule has 0 amide bonds. The number of alkyl halides is 3. The molecule has 1 aliphatic rings. The van der Waals surface area contributed by atoms with Crippen LogP contribution in [0.1, 0.15) is 32.6 Å². The van der Waals surface area contributed by atoms with Crippen molar-refractivity contribution in [3.63, 3.8) is 0 Å². The SMILES string of the molecule is CN=C(NCC(C)Oc1ccccc1)NC1CCC(C(F)(F)F)CC1. The van der Waals surface area contributed by atoms with Crippen LogP contribution in [0.25, 0.3) is 0 Å². The van der Waals surface area contributed by atoms with Gasteiger partial charge in [-0.15, -0.1) is 0 Å². The van der Waals surface area contributed by atoms with Gasteiger partial charge in [-0.2, -0.15) is 13.2 Å². The van der Waals surface area contributed by atoms with E-state index >= 15 is 0 Å². The van der Waals surface area contributed by atoms with Crippen LogP contribution in [0.4, 0.5) is 13.2 Å². The first-order valence-electron chi connectivity index (χ1n) is 8.64. The molecule has 1 aromatic rings. The number of halogens is 3. The fourth-order valence-electron chi connectivity index (χ4n) is 2.97. The van der Waals surface area contributed by atoms with Crippen molar-refractivity contribution in [2.75, 3.05) is 13.6 Å². The van der Waals surface area contributed by atoms with Crippen molar-refractivity contribution in [3.05, 3.63) is 30.3 Å². The lowest BCUT2D eigenvalue weighted by Gasteiger charge is -2.31. The van der Waals surface area contributed by atoms with Crippen LogP contribution in [0, 0.1) is 5.92 Å². The number of guanidine groups is 1. The lowest BCUT2D eigenvalue weighted by atomic mass is 9.85. The maximum atomic E-state index is 12.7. The summed E-state index contributed by atoms with van der Waals surface area (Å²) in [5, 5.41) is 6.38. The Morgan fingerprint density at radius 3 is 2.40 bits per heavy atom. The molecule has 1 unspecified atom stereocenters. The second kappa shape index (κ2) is 8.97. The number of rotatable bonds is 5. The van der Waals surface area contributed by atoms with Crippen LogP contribution < -0.4 is 15.4 Å². The first-order valence-corrected chi connectivity index (χ1v) is 8.64. The fraction of sp³-hybridized carbons (Fsp3) is 0.611. The molecule has 25 heavy (non-hydrogen) atoms. The topological polar surface area (TPSA) is 45.7 Å². The van der Waals surface area contributed by atoms with Crippen molar-refractivity contribution in [1.29, 1.82) is 0 Å². The van der Waals surface area contributed by atoms with Gasteiger partial charge in [-0.3, -0.25) is 4.99 Å². The molecule has 0 spiro atoms. The summed E-state index contributed by atoms with van der Waals surface area (Å²) in [4.78, 5) is 4.15. The van der Waals surface area contributed by atoms with Gasteiger partial charge in [-0.05, 0) is 44.7 Å². The number of benzene rings is 1. The standard InChI is InChI=1S/C18H26F3N3O/c1-13(25-16-6-4-3-5-7-16)12-23-17(22-2)24-15-10-8-14(9-11-15)18(19,20)21/h3-7,13-15H,8-12H2,1-2H3,(H2,22,23,24). The zero-order valence-electron chi connectivity index (χ0n) is 14.6. The number of aliphatic imine (C=N–C) groups is 1. The zero-order valence-corrected chi connectivity index (χ0v) is 14.6. The molecular formula is C18H26F3N3O. The summed E-state index contributed by atoms with van der Waals surface area (Å²) >= 11 is 0. The third-order valence-corrected chi connectivity index (χ3v) is 4.39. The average Bonchev–Trinajstić information content (AvgIpc) is 2.59. The molecule has 4 nitrogen and oxygen atoms in total. The van der Waals surface area contributed by atoms with Gasteiger partial charge in [0.1, 0.15) is 11.9 Å². The van der Waals surface area contributed by atoms with Gasteiger partial charge in [-0.1, -0.05) is 18.2 Å². The van der Waals surface area contributed by atoms with E-state index in [1.54, 1.807) is 7.05 Å². The third kappa shape index (κ3) is 6.48. The van der Waals surface area contributed by atoms with Crippen LogP contribution in [0.3, 0.4) is 0 Å². The molecule has 7 heteroatoms. The van der Waals surface area contributed by atoms with E-state index in [2.05, 4.69) is 15.6 Å². The van der Waals surface area contributed by atoms with Crippen molar-refractivity contribution < 1.29 is 17.9 Å². The minimum Gasteiger partial charge on any atom is -0.489 e. The van der Waals surface area contributed by atoms with Gasteiger partial charge < -0.3 is 15.4 Å². The highest BCUT2D eigenvalue weighted by Gasteiger charge is 2.41. The molecule has 1 fully saturated rings. The van der Waals surface area contributed by atoms with Crippen LogP contribution in [-0.2, 0) is 0 Å². The van der Waals surface area contributed by atoms with Gasteiger partial charge in [0.2, 0.25) is 0 Å². The molecule has 1 aliphatic carbocycles. The summed E-state index contributed by atoms with van der Waals surface area (Å²) in [7, 11) is 1.65. The molecular weight excluding hydrogens is 331 g/mol. The van der Waals surface area contributed by atoms with E-state index in [-0.39, 0.29) is 25.0 Å². The smallest absolute Gasteiger partial charge is 0.391 e. The van der Waals surface area contributed by atoms with E-state index in [0.717, 1.165) is 5.75 Å². The Hall–Kier alpha value is -1.92. The number of hydrogen-bond donors (Lipinski definition) is 2. The van der Waals surface area contributed by atoms with Gasteiger partial charge >= 0.3 is 6.18 Å². The summed E-state index contributed by atoms with van der Waals surface area (Å²) < 4.78 is 43.9. The highest BCUT2D eigenvalue weighted by Crippen LogP contribution is 2.37. The first-order chi connectivity index (χ1) is 11.9. The predicted molar refractivity (Wildman–Crippen MR) is 92.8 cm³/mol. The highest BCUT2D eigenvalue weighted by atomic mass is 19.4. The van der Waals surface area contributed by atoms with E-state index in [0.29, 0.717) is 25.3 Å². The monoisotopic (exact) mass is 357 g/mol.